The average molecular weight is 481 g/mol. The monoisotopic (exact) mass is 480 g/mol. The lowest BCUT2D eigenvalue weighted by atomic mass is 9.78. The Morgan fingerprint density at radius 1 is 1.03 bits per heavy atom. The van der Waals surface area contributed by atoms with Crippen molar-refractivity contribution in [1.82, 2.24) is 4.98 Å². The van der Waals surface area contributed by atoms with Gasteiger partial charge in [0.1, 0.15) is 11.6 Å². The molecule has 3 aromatic rings. The van der Waals surface area contributed by atoms with Crippen molar-refractivity contribution in [3.05, 3.63) is 82.6 Å². The fourth-order valence-corrected chi connectivity index (χ4v) is 5.07. The van der Waals surface area contributed by atoms with Crippen LogP contribution < -0.4 is 4.90 Å². The molecule has 0 saturated heterocycles. The molecule has 0 saturated carbocycles. The lowest BCUT2D eigenvalue weighted by molar-refractivity contribution is -0.127. The first-order valence-corrected chi connectivity index (χ1v) is 13.2. The van der Waals surface area contributed by atoms with Crippen LogP contribution in [0.15, 0.2) is 60.0 Å². The number of carbonyl (C=O) groups excluding carboxylic acids is 1. The standard InChI is InChI=1S/C29H37FN2OS/c1-5-18-32(19-10-9-13-22-11-7-6-8-12-22)28-31-25(21-34-28)20-26(27(33)29(2,3)4)23-14-16-24(30)17-15-23/h6-8,11-12,14-17,21,26H,5,9-10,13,18-20H2,1-4H3. The smallest absolute Gasteiger partial charge is 0.185 e. The number of ketones is 1. The van der Waals surface area contributed by atoms with Crippen molar-refractivity contribution >= 4 is 22.3 Å². The molecule has 3 nitrogen and oxygen atoms in total. The van der Waals surface area contributed by atoms with E-state index in [-0.39, 0.29) is 17.5 Å². The summed E-state index contributed by atoms with van der Waals surface area (Å²) in [5, 5.41) is 3.10. The molecule has 0 radical (unpaired) electrons. The van der Waals surface area contributed by atoms with Crippen LogP contribution in [-0.4, -0.2) is 23.9 Å². The number of hydrogen-bond acceptors (Lipinski definition) is 4. The van der Waals surface area contributed by atoms with Gasteiger partial charge in [-0.05, 0) is 48.9 Å². The number of rotatable bonds is 12. The number of Topliss-reactive ketones (excluding diaryl/α,β-unsaturated/α-hetero) is 1. The first-order chi connectivity index (χ1) is 16.3. The van der Waals surface area contributed by atoms with E-state index in [9.17, 15) is 9.18 Å². The second kappa shape index (κ2) is 12.3. The van der Waals surface area contributed by atoms with Gasteiger partial charge in [-0.1, -0.05) is 70.2 Å². The Balaban J connectivity index is 1.68. The molecule has 5 heteroatoms. The largest absolute Gasteiger partial charge is 0.348 e. The van der Waals surface area contributed by atoms with E-state index in [1.165, 1.54) is 17.7 Å². The number of aromatic nitrogens is 1. The van der Waals surface area contributed by atoms with E-state index in [2.05, 4.69) is 47.5 Å². The third-order valence-electron chi connectivity index (χ3n) is 6.03. The average Bonchev–Trinajstić information content (AvgIpc) is 3.28. The maximum absolute atomic E-state index is 13.5. The molecule has 182 valence electrons. The van der Waals surface area contributed by atoms with Crippen LogP contribution in [0.4, 0.5) is 9.52 Å². The van der Waals surface area contributed by atoms with Gasteiger partial charge in [0, 0.05) is 36.2 Å². The summed E-state index contributed by atoms with van der Waals surface area (Å²) >= 11 is 1.65. The van der Waals surface area contributed by atoms with E-state index in [4.69, 9.17) is 4.98 Å². The SMILES string of the molecule is CCCN(CCCCc1ccccc1)c1nc(CC(C(=O)C(C)(C)C)c2ccc(F)cc2)cs1. The summed E-state index contributed by atoms with van der Waals surface area (Å²) in [5.74, 6) is -0.467. The summed E-state index contributed by atoms with van der Waals surface area (Å²) in [7, 11) is 0. The van der Waals surface area contributed by atoms with Crippen LogP contribution in [0.3, 0.4) is 0 Å². The first-order valence-electron chi connectivity index (χ1n) is 12.3. The number of carbonyl (C=O) groups is 1. The molecular weight excluding hydrogens is 443 g/mol. The van der Waals surface area contributed by atoms with Gasteiger partial charge in [-0.25, -0.2) is 9.37 Å². The predicted octanol–water partition coefficient (Wildman–Crippen LogP) is 7.46. The molecule has 0 fully saturated rings. The summed E-state index contributed by atoms with van der Waals surface area (Å²) in [6, 6.07) is 17.0. The van der Waals surface area contributed by atoms with Gasteiger partial charge in [0.2, 0.25) is 0 Å². The number of nitrogens with zero attached hydrogens (tertiary/aromatic N) is 2. The summed E-state index contributed by atoms with van der Waals surface area (Å²) in [5.41, 5.74) is 2.68. The molecule has 0 N–H and O–H groups in total. The molecule has 0 aliphatic carbocycles. The number of thiazole rings is 1. The molecule has 1 unspecified atom stereocenters. The second-order valence-electron chi connectivity index (χ2n) is 9.97. The molecule has 0 bridgehead atoms. The summed E-state index contributed by atoms with van der Waals surface area (Å²) in [4.78, 5) is 20.6. The number of halogens is 1. The van der Waals surface area contributed by atoms with Crippen molar-refractivity contribution in [2.75, 3.05) is 18.0 Å². The van der Waals surface area contributed by atoms with Gasteiger partial charge in [-0.15, -0.1) is 11.3 Å². The van der Waals surface area contributed by atoms with E-state index in [0.29, 0.717) is 6.42 Å². The Bertz CT molecular complexity index is 1020. The van der Waals surface area contributed by atoms with E-state index in [0.717, 1.165) is 55.2 Å². The summed E-state index contributed by atoms with van der Waals surface area (Å²) in [6.07, 6.45) is 4.96. The molecule has 0 aliphatic rings. The highest BCUT2D eigenvalue weighted by Crippen LogP contribution is 2.32. The minimum Gasteiger partial charge on any atom is -0.348 e. The van der Waals surface area contributed by atoms with Gasteiger partial charge in [0.15, 0.2) is 5.13 Å². The Morgan fingerprint density at radius 3 is 2.38 bits per heavy atom. The molecule has 0 amide bonds. The Hall–Kier alpha value is -2.53. The van der Waals surface area contributed by atoms with Crippen molar-refractivity contribution in [1.29, 1.82) is 0 Å². The van der Waals surface area contributed by atoms with Crippen molar-refractivity contribution in [2.24, 2.45) is 5.41 Å². The molecule has 0 spiro atoms. The summed E-state index contributed by atoms with van der Waals surface area (Å²) < 4.78 is 13.5. The molecule has 0 aliphatic heterocycles. The lowest BCUT2D eigenvalue weighted by Crippen LogP contribution is -2.28. The van der Waals surface area contributed by atoms with Crippen LogP contribution >= 0.6 is 11.3 Å². The quantitative estimate of drug-likeness (QED) is 0.252. The van der Waals surface area contributed by atoms with Gasteiger partial charge in [-0.3, -0.25) is 4.79 Å². The highest BCUT2D eigenvalue weighted by atomic mass is 32.1. The topological polar surface area (TPSA) is 33.2 Å². The third kappa shape index (κ3) is 7.49. The second-order valence-corrected chi connectivity index (χ2v) is 10.8. The normalized spacial score (nSPS) is 12.5. The Labute approximate surface area is 208 Å². The number of aryl methyl sites for hydroxylation is 1. The minimum absolute atomic E-state index is 0.153. The highest BCUT2D eigenvalue weighted by molar-refractivity contribution is 7.13. The fourth-order valence-electron chi connectivity index (χ4n) is 4.17. The molecule has 1 atom stereocenters. The van der Waals surface area contributed by atoms with Crippen LogP contribution in [0, 0.1) is 11.2 Å². The van der Waals surface area contributed by atoms with Crippen LogP contribution in [0.2, 0.25) is 0 Å². The lowest BCUT2D eigenvalue weighted by Gasteiger charge is -2.25. The highest BCUT2D eigenvalue weighted by Gasteiger charge is 2.31. The fraction of sp³-hybridized carbons (Fsp3) is 0.448. The minimum atomic E-state index is -0.481. The molecule has 3 rings (SSSR count). The predicted molar refractivity (Wildman–Crippen MR) is 141 cm³/mol. The molecule has 34 heavy (non-hydrogen) atoms. The molecule has 1 heterocycles. The zero-order valence-electron chi connectivity index (χ0n) is 20.9. The number of unbranched alkanes of at least 4 members (excludes halogenated alkanes) is 1. The number of anilines is 1. The molecule has 2 aromatic carbocycles. The third-order valence-corrected chi connectivity index (χ3v) is 6.98. The van der Waals surface area contributed by atoms with Crippen LogP contribution in [0.1, 0.15) is 69.7 Å². The van der Waals surface area contributed by atoms with Gasteiger partial charge < -0.3 is 4.90 Å². The van der Waals surface area contributed by atoms with Gasteiger partial charge in [-0.2, -0.15) is 0 Å². The van der Waals surface area contributed by atoms with Crippen LogP contribution in [0.5, 0.6) is 0 Å². The van der Waals surface area contributed by atoms with Crippen molar-refractivity contribution < 1.29 is 9.18 Å². The molecular formula is C29H37FN2OS. The zero-order chi connectivity index (χ0) is 24.6. The molecule has 1 aromatic heterocycles. The Morgan fingerprint density at radius 2 is 1.74 bits per heavy atom. The van der Waals surface area contributed by atoms with Gasteiger partial charge >= 0.3 is 0 Å². The van der Waals surface area contributed by atoms with E-state index >= 15 is 0 Å². The van der Waals surface area contributed by atoms with Crippen LogP contribution in [0.25, 0.3) is 0 Å². The van der Waals surface area contributed by atoms with E-state index in [1.807, 2.05) is 20.8 Å². The van der Waals surface area contributed by atoms with Crippen LogP contribution in [-0.2, 0) is 17.6 Å². The van der Waals surface area contributed by atoms with E-state index < -0.39 is 5.41 Å². The maximum atomic E-state index is 13.5. The first kappa shape index (κ1) is 26.1. The van der Waals surface area contributed by atoms with Gasteiger partial charge in [0.05, 0.1) is 5.69 Å². The maximum Gasteiger partial charge on any atom is 0.185 e. The Kier molecular flexibility index (Phi) is 9.40. The van der Waals surface area contributed by atoms with Crippen molar-refractivity contribution in [2.45, 2.75) is 65.7 Å². The van der Waals surface area contributed by atoms with E-state index in [1.54, 1.807) is 23.5 Å². The van der Waals surface area contributed by atoms with Crippen molar-refractivity contribution in [3.8, 4) is 0 Å². The summed E-state index contributed by atoms with van der Waals surface area (Å²) in [6.45, 7) is 9.97. The number of hydrogen-bond donors (Lipinski definition) is 0. The van der Waals surface area contributed by atoms with Gasteiger partial charge in [0.25, 0.3) is 0 Å². The number of benzene rings is 2. The zero-order valence-corrected chi connectivity index (χ0v) is 21.7. The van der Waals surface area contributed by atoms with Crippen molar-refractivity contribution in [3.63, 3.8) is 0 Å².